The van der Waals surface area contributed by atoms with Crippen molar-refractivity contribution in [3.63, 3.8) is 0 Å². The van der Waals surface area contributed by atoms with E-state index in [4.69, 9.17) is 4.84 Å². The van der Waals surface area contributed by atoms with Crippen LogP contribution in [0.25, 0.3) is 0 Å². The van der Waals surface area contributed by atoms with E-state index in [-0.39, 0.29) is 35.1 Å². The lowest BCUT2D eigenvalue weighted by Crippen LogP contribution is -2.42. The average Bonchev–Trinajstić information content (AvgIpc) is 3.28. The Morgan fingerprint density at radius 2 is 1.97 bits per heavy atom. The molecular formula is C21H21F4N3O5. The predicted octanol–water partition coefficient (Wildman–Crippen LogP) is 2.99. The number of amides is 2. The van der Waals surface area contributed by atoms with Crippen LogP contribution >= 0.6 is 0 Å². The highest BCUT2D eigenvalue weighted by Crippen LogP contribution is 2.46. The normalized spacial score (nSPS) is 22.3. The Kier molecular flexibility index (Phi) is 6.22. The molecule has 33 heavy (non-hydrogen) atoms. The van der Waals surface area contributed by atoms with Gasteiger partial charge in [-0.1, -0.05) is 5.16 Å². The van der Waals surface area contributed by atoms with E-state index in [0.29, 0.717) is 23.3 Å². The Hall–Kier alpha value is -3.44. The van der Waals surface area contributed by atoms with E-state index in [1.807, 2.05) is 0 Å². The molecule has 1 aromatic rings. The summed E-state index contributed by atoms with van der Waals surface area (Å²) >= 11 is 0. The molecule has 0 spiro atoms. The number of alkyl halides is 3. The van der Waals surface area contributed by atoms with Gasteiger partial charge in [-0.2, -0.15) is 13.2 Å². The van der Waals surface area contributed by atoms with Gasteiger partial charge in [0.25, 0.3) is 5.91 Å². The number of carboxylic acids is 1. The van der Waals surface area contributed by atoms with Gasteiger partial charge in [0.2, 0.25) is 12.0 Å². The predicted molar refractivity (Wildman–Crippen MR) is 108 cm³/mol. The number of oxime groups is 1. The van der Waals surface area contributed by atoms with Crippen LogP contribution < -0.4 is 4.90 Å². The summed E-state index contributed by atoms with van der Waals surface area (Å²) in [7, 11) is 2.13. The van der Waals surface area contributed by atoms with Gasteiger partial charge in [-0.15, -0.1) is 0 Å². The molecule has 0 radical (unpaired) electrons. The van der Waals surface area contributed by atoms with Gasteiger partial charge >= 0.3 is 12.1 Å². The Bertz CT molecular complexity index is 1070. The van der Waals surface area contributed by atoms with Crippen molar-refractivity contribution in [1.82, 2.24) is 4.90 Å². The van der Waals surface area contributed by atoms with Crippen molar-refractivity contribution < 1.29 is 41.9 Å². The van der Waals surface area contributed by atoms with Gasteiger partial charge in [-0.3, -0.25) is 9.59 Å². The van der Waals surface area contributed by atoms with E-state index < -0.39 is 46.8 Å². The fraction of sp³-hybridized carbons (Fsp3) is 0.429. The smallest absolute Gasteiger partial charge is 0.431 e. The molecular weight excluding hydrogens is 450 g/mol. The van der Waals surface area contributed by atoms with Crippen molar-refractivity contribution in [3.8, 4) is 0 Å². The topological polar surface area (TPSA) is 99.5 Å². The van der Waals surface area contributed by atoms with Crippen molar-refractivity contribution in [2.24, 2.45) is 11.1 Å². The summed E-state index contributed by atoms with van der Waals surface area (Å²) in [6.07, 6.45) is -3.57. The van der Waals surface area contributed by atoms with Crippen molar-refractivity contribution >= 4 is 29.7 Å². The fourth-order valence-corrected chi connectivity index (χ4v) is 4.17. The molecule has 12 heteroatoms. The highest BCUT2D eigenvalue weighted by Gasteiger charge is 2.58. The summed E-state index contributed by atoms with van der Waals surface area (Å²) in [5.74, 6) is -4.27. The Balaban J connectivity index is 2.05. The third-order valence-corrected chi connectivity index (χ3v) is 5.81. The highest BCUT2D eigenvalue weighted by molar-refractivity contribution is 6.14. The zero-order valence-electron chi connectivity index (χ0n) is 17.9. The van der Waals surface area contributed by atoms with Crippen LogP contribution in [-0.2, 0) is 19.2 Å². The molecule has 1 fully saturated rings. The molecule has 1 N–H and O–H groups in total. The number of aryl methyl sites for hydroxylation is 1. The lowest BCUT2D eigenvalue weighted by Gasteiger charge is -2.23. The molecule has 1 heterocycles. The third kappa shape index (κ3) is 4.16. The Morgan fingerprint density at radius 3 is 2.52 bits per heavy atom. The maximum atomic E-state index is 14.7. The molecule has 1 aliphatic carbocycles. The number of nitrogens with zero attached hydrogens (tertiary/aromatic N) is 3. The third-order valence-electron chi connectivity index (χ3n) is 5.81. The minimum atomic E-state index is -4.89. The molecule has 1 aliphatic heterocycles. The number of imide groups is 1. The second-order valence-electron chi connectivity index (χ2n) is 8.06. The largest absolute Gasteiger partial charge is 0.478 e. The van der Waals surface area contributed by atoms with Crippen LogP contribution in [0.1, 0.15) is 30.4 Å². The number of hydrogen-bond acceptors (Lipinski definition) is 6. The first-order chi connectivity index (χ1) is 15.3. The van der Waals surface area contributed by atoms with Crippen LogP contribution in [0.3, 0.4) is 0 Å². The minimum absolute atomic E-state index is 0.0932. The number of rotatable bonds is 6. The van der Waals surface area contributed by atoms with E-state index in [0.717, 1.165) is 26.2 Å². The number of hydrogen-bond donors (Lipinski definition) is 1. The SMILES string of the molecule is Cc1cc(F)c(N(C=O)C(=O)/C=C(\N(C)C)C(F)(F)F)cc1C1=NOC2(C(=O)O)CCCC12. The molecule has 0 aromatic heterocycles. The summed E-state index contributed by atoms with van der Waals surface area (Å²) in [5.41, 5.74) is -2.71. The number of fused-ring (bicyclic) bond motifs is 1. The molecule has 8 nitrogen and oxygen atoms in total. The first kappa shape index (κ1) is 24.2. The summed E-state index contributed by atoms with van der Waals surface area (Å²) < 4.78 is 54.4. The number of carbonyl (C=O) groups excluding carboxylic acids is 2. The van der Waals surface area contributed by atoms with Gasteiger partial charge < -0.3 is 14.8 Å². The maximum Gasteiger partial charge on any atom is 0.431 e. The number of aliphatic carboxylic acids is 1. The molecule has 2 unspecified atom stereocenters. The fourth-order valence-electron chi connectivity index (χ4n) is 4.17. The molecule has 2 amide bonds. The van der Waals surface area contributed by atoms with Crippen molar-refractivity contribution in [3.05, 3.63) is 40.8 Å². The monoisotopic (exact) mass is 471 g/mol. The lowest BCUT2D eigenvalue weighted by atomic mass is 9.83. The number of halogens is 4. The number of anilines is 1. The average molecular weight is 471 g/mol. The molecule has 2 aliphatic rings. The zero-order valence-corrected chi connectivity index (χ0v) is 17.9. The Morgan fingerprint density at radius 1 is 1.30 bits per heavy atom. The summed E-state index contributed by atoms with van der Waals surface area (Å²) in [6, 6.07) is 2.08. The molecule has 3 rings (SSSR count). The van der Waals surface area contributed by atoms with E-state index in [1.165, 1.54) is 6.92 Å². The second-order valence-corrected chi connectivity index (χ2v) is 8.06. The first-order valence-corrected chi connectivity index (χ1v) is 9.88. The van der Waals surface area contributed by atoms with E-state index >= 15 is 0 Å². The van der Waals surface area contributed by atoms with Crippen LogP contribution in [0.4, 0.5) is 23.2 Å². The van der Waals surface area contributed by atoms with Crippen LogP contribution in [0.5, 0.6) is 0 Å². The molecule has 178 valence electrons. The second kappa shape index (κ2) is 8.49. The van der Waals surface area contributed by atoms with Gasteiger partial charge in [-0.25, -0.2) is 14.1 Å². The maximum absolute atomic E-state index is 14.7. The summed E-state index contributed by atoms with van der Waals surface area (Å²) in [6.45, 7) is 1.52. The first-order valence-electron chi connectivity index (χ1n) is 9.88. The molecule has 0 saturated heterocycles. The van der Waals surface area contributed by atoms with E-state index in [2.05, 4.69) is 5.16 Å². The van der Waals surface area contributed by atoms with Gasteiger partial charge in [0.05, 0.1) is 17.3 Å². The summed E-state index contributed by atoms with van der Waals surface area (Å²) in [5, 5.41) is 13.5. The van der Waals surface area contributed by atoms with Gasteiger partial charge in [-0.05, 0) is 37.5 Å². The quantitative estimate of drug-likeness (QED) is 0.389. The van der Waals surface area contributed by atoms with E-state index in [9.17, 15) is 37.1 Å². The zero-order chi connectivity index (χ0) is 24.7. The van der Waals surface area contributed by atoms with Crippen molar-refractivity contribution in [1.29, 1.82) is 0 Å². The van der Waals surface area contributed by atoms with Gasteiger partial charge in [0.1, 0.15) is 11.5 Å². The minimum Gasteiger partial charge on any atom is -0.478 e. The van der Waals surface area contributed by atoms with Crippen LogP contribution in [0.2, 0.25) is 0 Å². The van der Waals surface area contributed by atoms with Crippen molar-refractivity contribution in [2.45, 2.75) is 38.0 Å². The standard InChI is InChI=1S/C21H21F4N3O5/c1-11-7-14(22)15(28(10-29)17(30)9-16(27(2)3)21(23,24)25)8-12(11)18-13-5-4-6-20(13,19(31)32)33-26-18/h7-10,13H,4-6H2,1-3H3,(H,31,32)/b16-9-. The van der Waals surface area contributed by atoms with Crippen molar-refractivity contribution in [2.75, 3.05) is 19.0 Å². The summed E-state index contributed by atoms with van der Waals surface area (Å²) in [4.78, 5) is 42.1. The van der Waals surface area contributed by atoms with E-state index in [1.54, 1.807) is 0 Å². The molecule has 1 saturated carbocycles. The van der Waals surface area contributed by atoms with Gasteiger partial charge in [0.15, 0.2) is 0 Å². The molecule has 1 aromatic carbocycles. The lowest BCUT2D eigenvalue weighted by molar-refractivity contribution is -0.164. The number of carbonyl (C=O) groups is 3. The highest BCUT2D eigenvalue weighted by atomic mass is 19.4. The number of benzene rings is 1. The van der Waals surface area contributed by atoms with Gasteiger partial charge in [0, 0.05) is 32.2 Å². The molecule has 0 bridgehead atoms. The Labute approximate surface area is 186 Å². The number of allylic oxidation sites excluding steroid dienone is 1. The van der Waals surface area contributed by atoms with Crippen LogP contribution in [0, 0.1) is 18.7 Å². The number of carboxylic acid groups (broad SMARTS) is 1. The van der Waals surface area contributed by atoms with Crippen LogP contribution in [-0.4, -0.2) is 59.9 Å². The molecule has 2 atom stereocenters. The van der Waals surface area contributed by atoms with Crippen LogP contribution in [0.15, 0.2) is 29.1 Å².